The fourth-order valence-corrected chi connectivity index (χ4v) is 5.03. The number of carbonyl (C=O) groups is 2. The molecule has 0 spiro atoms. The zero-order chi connectivity index (χ0) is 22.0. The maximum atomic E-state index is 12.6. The van der Waals surface area contributed by atoms with E-state index in [2.05, 4.69) is 5.32 Å². The molecule has 8 nitrogen and oxygen atoms in total. The van der Waals surface area contributed by atoms with Crippen molar-refractivity contribution in [1.29, 1.82) is 5.26 Å². The van der Waals surface area contributed by atoms with Crippen LogP contribution in [-0.4, -0.2) is 56.0 Å². The van der Waals surface area contributed by atoms with Gasteiger partial charge < -0.3 is 10.2 Å². The first-order valence-electron chi connectivity index (χ1n) is 10.4. The summed E-state index contributed by atoms with van der Waals surface area (Å²) in [6.45, 7) is 2.93. The van der Waals surface area contributed by atoms with Crippen molar-refractivity contribution in [2.24, 2.45) is 0 Å². The maximum Gasteiger partial charge on any atom is 0.227 e. The third-order valence-corrected chi connectivity index (χ3v) is 7.13. The SMILES string of the molecule is CCCS(=O)(=O)N1CCC(NC(=O)CCC(=O)N(CCC#N)c2ccccc2)CC1. The monoisotopic (exact) mass is 434 g/mol. The van der Waals surface area contributed by atoms with E-state index in [1.165, 1.54) is 9.21 Å². The second kappa shape index (κ2) is 11.7. The zero-order valence-electron chi connectivity index (χ0n) is 17.4. The molecule has 1 saturated heterocycles. The summed E-state index contributed by atoms with van der Waals surface area (Å²) in [5.41, 5.74) is 0.707. The van der Waals surface area contributed by atoms with Gasteiger partial charge in [-0.2, -0.15) is 5.26 Å². The molecule has 0 bridgehead atoms. The summed E-state index contributed by atoms with van der Waals surface area (Å²) < 4.78 is 25.7. The van der Waals surface area contributed by atoms with Gasteiger partial charge in [0.2, 0.25) is 21.8 Å². The molecule has 1 aromatic carbocycles. The summed E-state index contributed by atoms with van der Waals surface area (Å²) >= 11 is 0. The van der Waals surface area contributed by atoms with Crippen LogP contribution in [0.1, 0.15) is 45.4 Å². The lowest BCUT2D eigenvalue weighted by Gasteiger charge is -2.31. The van der Waals surface area contributed by atoms with Gasteiger partial charge in [0, 0.05) is 44.2 Å². The number of sulfonamides is 1. The number of nitrogens with one attached hydrogen (secondary N) is 1. The van der Waals surface area contributed by atoms with E-state index in [0.29, 0.717) is 38.0 Å². The van der Waals surface area contributed by atoms with E-state index in [0.717, 1.165) is 0 Å². The first-order chi connectivity index (χ1) is 14.4. The Hall–Kier alpha value is -2.44. The molecule has 30 heavy (non-hydrogen) atoms. The van der Waals surface area contributed by atoms with E-state index in [9.17, 15) is 18.0 Å². The summed E-state index contributed by atoms with van der Waals surface area (Å²) in [5, 5.41) is 11.8. The average molecular weight is 435 g/mol. The van der Waals surface area contributed by atoms with E-state index in [4.69, 9.17) is 5.26 Å². The molecular weight excluding hydrogens is 404 g/mol. The highest BCUT2D eigenvalue weighted by Gasteiger charge is 2.28. The first-order valence-corrected chi connectivity index (χ1v) is 12.0. The number of nitrogens with zero attached hydrogens (tertiary/aromatic N) is 3. The van der Waals surface area contributed by atoms with Gasteiger partial charge in [0.1, 0.15) is 0 Å². The van der Waals surface area contributed by atoms with Crippen molar-refractivity contribution in [2.45, 2.75) is 51.5 Å². The molecule has 2 amide bonds. The van der Waals surface area contributed by atoms with Crippen LogP contribution in [0.25, 0.3) is 0 Å². The molecule has 1 N–H and O–H groups in total. The number of benzene rings is 1. The van der Waals surface area contributed by atoms with Crippen LogP contribution >= 0.6 is 0 Å². The van der Waals surface area contributed by atoms with Crippen molar-refractivity contribution < 1.29 is 18.0 Å². The van der Waals surface area contributed by atoms with Gasteiger partial charge in [0.05, 0.1) is 18.2 Å². The second-order valence-corrected chi connectivity index (χ2v) is 9.43. The van der Waals surface area contributed by atoms with Crippen molar-refractivity contribution in [1.82, 2.24) is 9.62 Å². The van der Waals surface area contributed by atoms with Crippen LogP contribution in [0.15, 0.2) is 30.3 Å². The molecule has 0 saturated carbocycles. The Morgan fingerprint density at radius 2 is 1.87 bits per heavy atom. The molecule has 1 aliphatic rings. The second-order valence-electron chi connectivity index (χ2n) is 7.35. The third kappa shape index (κ3) is 7.11. The Labute approximate surface area is 178 Å². The molecule has 2 rings (SSSR count). The van der Waals surface area contributed by atoms with Gasteiger partial charge in [-0.15, -0.1) is 0 Å². The quantitative estimate of drug-likeness (QED) is 0.606. The molecule has 9 heteroatoms. The molecule has 0 unspecified atom stereocenters. The van der Waals surface area contributed by atoms with Crippen LogP contribution in [0.2, 0.25) is 0 Å². The van der Waals surface area contributed by atoms with Gasteiger partial charge in [-0.25, -0.2) is 12.7 Å². The minimum Gasteiger partial charge on any atom is -0.353 e. The summed E-state index contributed by atoms with van der Waals surface area (Å²) in [6, 6.07) is 11.1. The van der Waals surface area contributed by atoms with Gasteiger partial charge in [-0.05, 0) is 31.4 Å². The van der Waals surface area contributed by atoms with E-state index in [1.54, 1.807) is 12.1 Å². The highest BCUT2D eigenvalue weighted by Crippen LogP contribution is 2.17. The number of amides is 2. The van der Waals surface area contributed by atoms with Crippen molar-refractivity contribution in [3.63, 3.8) is 0 Å². The summed E-state index contributed by atoms with van der Waals surface area (Å²) in [7, 11) is -3.20. The smallest absolute Gasteiger partial charge is 0.227 e. The number of nitriles is 1. The van der Waals surface area contributed by atoms with Gasteiger partial charge in [0.15, 0.2) is 0 Å². The van der Waals surface area contributed by atoms with Crippen LogP contribution in [0, 0.1) is 11.3 Å². The average Bonchev–Trinajstić information content (AvgIpc) is 2.73. The van der Waals surface area contributed by atoms with Crippen LogP contribution < -0.4 is 10.2 Å². The maximum absolute atomic E-state index is 12.6. The molecule has 1 heterocycles. The normalized spacial score (nSPS) is 15.3. The van der Waals surface area contributed by atoms with E-state index in [-0.39, 0.29) is 49.4 Å². The largest absolute Gasteiger partial charge is 0.353 e. The molecule has 1 aliphatic heterocycles. The third-order valence-electron chi connectivity index (χ3n) is 5.06. The van der Waals surface area contributed by atoms with Gasteiger partial charge in [0.25, 0.3) is 0 Å². The van der Waals surface area contributed by atoms with E-state index >= 15 is 0 Å². The van der Waals surface area contributed by atoms with Crippen LogP contribution in [-0.2, 0) is 19.6 Å². The Balaban J connectivity index is 1.81. The molecule has 164 valence electrons. The fraction of sp³-hybridized carbons (Fsp3) is 0.571. The summed E-state index contributed by atoms with van der Waals surface area (Å²) in [6.07, 6.45) is 2.05. The molecular formula is C21H30N4O4S. The molecule has 0 atom stereocenters. The number of para-hydroxylation sites is 1. The fourth-order valence-electron chi connectivity index (χ4n) is 3.49. The molecule has 1 fully saturated rings. The lowest BCUT2D eigenvalue weighted by molar-refractivity contribution is -0.125. The molecule has 1 aromatic rings. The zero-order valence-corrected chi connectivity index (χ0v) is 18.2. The van der Waals surface area contributed by atoms with Gasteiger partial charge in [-0.3, -0.25) is 9.59 Å². The Kier molecular flexibility index (Phi) is 9.27. The summed E-state index contributed by atoms with van der Waals surface area (Å²) in [5.74, 6) is -0.269. The molecule has 0 radical (unpaired) electrons. The van der Waals surface area contributed by atoms with Crippen molar-refractivity contribution >= 4 is 27.5 Å². The standard InChI is InChI=1S/C21H30N4O4S/c1-2-17-30(28,29)24-15-11-18(12-16-24)23-20(26)9-10-21(27)25(14-6-13-22)19-7-4-3-5-8-19/h3-5,7-8,18H,2,6,9-12,14-17H2,1H3,(H,23,26). The number of rotatable bonds is 10. The van der Waals surface area contributed by atoms with Crippen LogP contribution in [0.5, 0.6) is 0 Å². The minimum atomic E-state index is -3.20. The van der Waals surface area contributed by atoms with E-state index in [1.807, 2.05) is 31.2 Å². The van der Waals surface area contributed by atoms with Crippen molar-refractivity contribution in [2.75, 3.05) is 30.3 Å². The number of hydrogen-bond donors (Lipinski definition) is 1. The predicted octanol–water partition coefficient (Wildman–Crippen LogP) is 2.03. The summed E-state index contributed by atoms with van der Waals surface area (Å²) in [4.78, 5) is 26.5. The molecule has 0 aliphatic carbocycles. The number of anilines is 1. The van der Waals surface area contributed by atoms with Crippen LogP contribution in [0.3, 0.4) is 0 Å². The van der Waals surface area contributed by atoms with Crippen LogP contribution in [0.4, 0.5) is 5.69 Å². The number of carbonyl (C=O) groups excluding carboxylic acids is 2. The van der Waals surface area contributed by atoms with Crippen molar-refractivity contribution in [3.05, 3.63) is 30.3 Å². The minimum absolute atomic E-state index is 0.0515. The lowest BCUT2D eigenvalue weighted by atomic mass is 10.1. The van der Waals surface area contributed by atoms with Gasteiger partial charge in [-0.1, -0.05) is 25.1 Å². The van der Waals surface area contributed by atoms with E-state index < -0.39 is 10.0 Å². The lowest BCUT2D eigenvalue weighted by Crippen LogP contribution is -2.47. The Bertz CT molecular complexity index is 844. The number of piperidine rings is 1. The highest BCUT2D eigenvalue weighted by atomic mass is 32.2. The van der Waals surface area contributed by atoms with Gasteiger partial charge >= 0.3 is 0 Å². The first kappa shape index (κ1) is 23.8. The van der Waals surface area contributed by atoms with Crippen molar-refractivity contribution in [3.8, 4) is 6.07 Å². The Morgan fingerprint density at radius 1 is 1.20 bits per heavy atom. The highest BCUT2D eigenvalue weighted by molar-refractivity contribution is 7.89. The Morgan fingerprint density at radius 3 is 2.47 bits per heavy atom. The topological polar surface area (TPSA) is 111 Å². The predicted molar refractivity (Wildman–Crippen MR) is 115 cm³/mol. The molecule has 0 aromatic heterocycles. The number of hydrogen-bond acceptors (Lipinski definition) is 5.